The molecule has 0 spiro atoms. The first kappa shape index (κ1) is 18.3. The van der Waals surface area contributed by atoms with Gasteiger partial charge < -0.3 is 15.1 Å². The number of urea groups is 1. The van der Waals surface area contributed by atoms with Crippen LogP contribution in [-0.2, 0) is 4.79 Å². The molecule has 3 amide bonds. The highest BCUT2D eigenvalue weighted by Crippen LogP contribution is 2.41. The van der Waals surface area contributed by atoms with Gasteiger partial charge in [-0.15, -0.1) is 0 Å². The van der Waals surface area contributed by atoms with E-state index in [0.717, 1.165) is 39.0 Å². The monoisotopic (exact) mass is 370 g/mol. The minimum absolute atomic E-state index is 0.0290. The van der Waals surface area contributed by atoms with Gasteiger partial charge in [0.1, 0.15) is 0 Å². The molecule has 2 aliphatic heterocycles. The first-order valence-corrected chi connectivity index (χ1v) is 10.3. The molecule has 146 valence electrons. The summed E-state index contributed by atoms with van der Waals surface area (Å²) in [4.78, 5) is 31.1. The number of amides is 3. The minimum Gasteiger partial charge on any atom is -0.342 e. The number of rotatable bonds is 5. The van der Waals surface area contributed by atoms with Gasteiger partial charge in [0.15, 0.2) is 0 Å². The van der Waals surface area contributed by atoms with Crippen molar-refractivity contribution in [3.8, 4) is 0 Å². The number of hydrogen-bond donors (Lipinski definition) is 1. The molecule has 2 saturated heterocycles. The smallest absolute Gasteiger partial charge is 0.317 e. The lowest BCUT2D eigenvalue weighted by atomic mass is 10.0. The number of carbonyl (C=O) groups excluding carboxylic acids is 2. The number of carbonyl (C=O) groups is 2. The number of likely N-dealkylation sites (tertiary alicyclic amines) is 1. The fraction of sp³-hybridized carbons (Fsp3) is 0.619. The average molecular weight is 370 g/mol. The van der Waals surface area contributed by atoms with Gasteiger partial charge in [-0.2, -0.15) is 0 Å². The summed E-state index contributed by atoms with van der Waals surface area (Å²) in [6.45, 7) is 5.21. The Morgan fingerprint density at radius 3 is 2.22 bits per heavy atom. The highest BCUT2D eigenvalue weighted by atomic mass is 16.2. The van der Waals surface area contributed by atoms with Gasteiger partial charge in [0, 0.05) is 39.3 Å². The quantitative estimate of drug-likeness (QED) is 0.863. The van der Waals surface area contributed by atoms with Crippen molar-refractivity contribution in [3.63, 3.8) is 0 Å². The minimum atomic E-state index is 0.0290. The summed E-state index contributed by atoms with van der Waals surface area (Å²) in [5, 5.41) is 3.26. The average Bonchev–Trinajstić information content (AvgIpc) is 3.39. The van der Waals surface area contributed by atoms with Crippen LogP contribution >= 0.6 is 0 Å². The van der Waals surface area contributed by atoms with Crippen molar-refractivity contribution >= 4 is 11.9 Å². The molecular weight excluding hydrogens is 340 g/mol. The van der Waals surface area contributed by atoms with Crippen LogP contribution in [0.1, 0.15) is 37.3 Å². The van der Waals surface area contributed by atoms with Crippen molar-refractivity contribution in [3.05, 3.63) is 35.9 Å². The lowest BCUT2D eigenvalue weighted by Gasteiger charge is -2.35. The zero-order valence-electron chi connectivity index (χ0n) is 16.0. The molecule has 3 aliphatic rings. The summed E-state index contributed by atoms with van der Waals surface area (Å²) in [7, 11) is 0. The van der Waals surface area contributed by atoms with Crippen molar-refractivity contribution in [1.29, 1.82) is 0 Å². The van der Waals surface area contributed by atoms with Crippen molar-refractivity contribution < 1.29 is 9.59 Å². The summed E-state index contributed by atoms with van der Waals surface area (Å²) in [6.07, 6.45) is 4.63. The first-order chi connectivity index (χ1) is 13.2. The van der Waals surface area contributed by atoms with Gasteiger partial charge in [0.2, 0.25) is 5.91 Å². The molecule has 1 aromatic rings. The van der Waals surface area contributed by atoms with E-state index in [9.17, 15) is 9.59 Å². The van der Waals surface area contributed by atoms with Gasteiger partial charge in [-0.3, -0.25) is 9.69 Å². The zero-order chi connectivity index (χ0) is 18.6. The molecule has 1 unspecified atom stereocenters. The molecule has 1 N–H and O–H groups in total. The van der Waals surface area contributed by atoms with Gasteiger partial charge in [-0.05, 0) is 37.2 Å². The molecule has 27 heavy (non-hydrogen) atoms. The number of hydrogen-bond acceptors (Lipinski definition) is 3. The lowest BCUT2D eigenvalue weighted by molar-refractivity contribution is -0.131. The van der Waals surface area contributed by atoms with Crippen molar-refractivity contribution in [2.75, 3.05) is 45.8 Å². The Labute approximate surface area is 161 Å². The van der Waals surface area contributed by atoms with E-state index < -0.39 is 0 Å². The molecule has 1 atom stereocenters. The summed E-state index contributed by atoms with van der Waals surface area (Å²) < 4.78 is 0. The number of piperazine rings is 1. The van der Waals surface area contributed by atoms with Gasteiger partial charge in [-0.1, -0.05) is 30.3 Å². The van der Waals surface area contributed by atoms with Crippen LogP contribution in [0.2, 0.25) is 0 Å². The van der Waals surface area contributed by atoms with Crippen LogP contribution in [0.4, 0.5) is 4.79 Å². The third kappa shape index (κ3) is 4.61. The Kier molecular flexibility index (Phi) is 5.62. The molecular formula is C21H30N4O2. The number of nitrogens with zero attached hydrogens (tertiary/aromatic N) is 3. The second kappa shape index (κ2) is 8.30. The van der Waals surface area contributed by atoms with Crippen molar-refractivity contribution in [1.82, 2.24) is 20.0 Å². The zero-order valence-corrected chi connectivity index (χ0v) is 16.0. The highest BCUT2D eigenvalue weighted by molar-refractivity contribution is 5.78. The Morgan fingerprint density at radius 2 is 1.59 bits per heavy atom. The standard InChI is InChI=1S/C21H30N4O2/c26-19(24-10-4-5-11-24)16-23-12-14-25(15-13-23)21(27)22-20(18-8-9-18)17-6-2-1-3-7-17/h1-3,6-7,18,20H,4-5,8-16H2,(H,22,27). The van der Waals surface area contributed by atoms with Crippen LogP contribution < -0.4 is 5.32 Å². The van der Waals surface area contributed by atoms with E-state index in [-0.39, 0.29) is 18.0 Å². The van der Waals surface area contributed by atoms with Crippen LogP contribution in [0, 0.1) is 5.92 Å². The third-order valence-corrected chi connectivity index (χ3v) is 6.01. The predicted octanol–water partition coefficient (Wildman–Crippen LogP) is 2.09. The van der Waals surface area contributed by atoms with Crippen LogP contribution in [0.3, 0.4) is 0 Å². The second-order valence-electron chi connectivity index (χ2n) is 8.03. The fourth-order valence-corrected chi connectivity index (χ4v) is 4.15. The Morgan fingerprint density at radius 1 is 0.926 bits per heavy atom. The number of nitrogens with one attached hydrogen (secondary N) is 1. The normalized spacial score (nSPS) is 21.9. The molecule has 1 aromatic carbocycles. The van der Waals surface area contributed by atoms with Gasteiger partial charge >= 0.3 is 6.03 Å². The maximum Gasteiger partial charge on any atom is 0.317 e. The molecule has 6 heteroatoms. The maximum atomic E-state index is 12.8. The van der Waals surface area contributed by atoms with Crippen LogP contribution in [0.5, 0.6) is 0 Å². The molecule has 0 radical (unpaired) electrons. The van der Waals surface area contributed by atoms with E-state index in [2.05, 4.69) is 22.3 Å². The molecule has 1 aliphatic carbocycles. The fourth-order valence-electron chi connectivity index (χ4n) is 4.15. The molecule has 0 bridgehead atoms. The van der Waals surface area contributed by atoms with E-state index in [0.29, 0.717) is 25.6 Å². The Hall–Kier alpha value is -2.08. The van der Waals surface area contributed by atoms with E-state index >= 15 is 0 Å². The van der Waals surface area contributed by atoms with E-state index in [4.69, 9.17) is 0 Å². The summed E-state index contributed by atoms with van der Waals surface area (Å²) in [6, 6.07) is 10.4. The van der Waals surface area contributed by atoms with Crippen molar-refractivity contribution in [2.45, 2.75) is 31.7 Å². The molecule has 1 saturated carbocycles. The maximum absolute atomic E-state index is 12.8. The van der Waals surface area contributed by atoms with Crippen LogP contribution in [0.15, 0.2) is 30.3 Å². The Bertz CT molecular complexity index is 647. The SMILES string of the molecule is O=C(CN1CCN(C(=O)NC(c2ccccc2)C2CC2)CC1)N1CCCC1. The highest BCUT2D eigenvalue weighted by Gasteiger charge is 2.34. The largest absolute Gasteiger partial charge is 0.342 e. The van der Waals surface area contributed by atoms with E-state index in [1.54, 1.807) is 0 Å². The summed E-state index contributed by atoms with van der Waals surface area (Å²) >= 11 is 0. The third-order valence-electron chi connectivity index (χ3n) is 6.01. The first-order valence-electron chi connectivity index (χ1n) is 10.3. The van der Waals surface area contributed by atoms with Crippen LogP contribution in [-0.4, -0.2) is 72.5 Å². The predicted molar refractivity (Wildman–Crippen MR) is 104 cm³/mol. The van der Waals surface area contributed by atoms with E-state index in [1.165, 1.54) is 18.4 Å². The van der Waals surface area contributed by atoms with Gasteiger partial charge in [0.25, 0.3) is 0 Å². The molecule has 4 rings (SSSR count). The van der Waals surface area contributed by atoms with Gasteiger partial charge in [-0.25, -0.2) is 4.79 Å². The molecule has 0 aromatic heterocycles. The summed E-state index contributed by atoms with van der Waals surface area (Å²) in [5.74, 6) is 0.805. The van der Waals surface area contributed by atoms with Crippen LogP contribution in [0.25, 0.3) is 0 Å². The molecule has 2 heterocycles. The molecule has 3 fully saturated rings. The lowest BCUT2D eigenvalue weighted by Crippen LogP contribution is -2.54. The van der Waals surface area contributed by atoms with Gasteiger partial charge in [0.05, 0.1) is 12.6 Å². The second-order valence-corrected chi connectivity index (χ2v) is 8.03. The molecule has 6 nitrogen and oxygen atoms in total. The van der Waals surface area contributed by atoms with E-state index in [1.807, 2.05) is 28.0 Å². The topological polar surface area (TPSA) is 55.9 Å². The number of benzene rings is 1. The summed E-state index contributed by atoms with van der Waals surface area (Å²) in [5.41, 5.74) is 1.20. The van der Waals surface area contributed by atoms with Crippen molar-refractivity contribution in [2.24, 2.45) is 5.92 Å². The Balaban J connectivity index is 1.26.